The molecule has 4 rings (SSSR count). The Morgan fingerprint density at radius 1 is 0.788 bits per heavy atom. The molecule has 0 N–H and O–H groups in total. The van der Waals surface area contributed by atoms with E-state index in [1.165, 1.54) is 4.31 Å². The van der Waals surface area contributed by atoms with Gasteiger partial charge in [0.2, 0.25) is 10.0 Å². The molecule has 0 aliphatic carbocycles. The Labute approximate surface area is 210 Å². The average Bonchev–Trinajstić information content (AvgIpc) is 2.77. The van der Waals surface area contributed by atoms with E-state index in [1.54, 1.807) is 36.4 Å². The topological polar surface area (TPSA) is 54.5 Å². The maximum absolute atomic E-state index is 13.5. The summed E-state index contributed by atoms with van der Waals surface area (Å²) in [5.41, 5.74) is 3.48. The Kier molecular flexibility index (Phi) is 7.14. The van der Waals surface area contributed by atoms with Crippen molar-refractivity contribution in [3.8, 4) is 0 Å². The first kappa shape index (κ1) is 23.8. The van der Waals surface area contributed by atoms with Gasteiger partial charge in [-0.1, -0.05) is 73.8 Å². The monoisotopic (exact) mass is 585 g/mol. The minimum Gasteiger partial charge on any atom is -0.289 e. The van der Waals surface area contributed by atoms with Gasteiger partial charge in [0.05, 0.1) is 4.90 Å². The highest BCUT2D eigenvalue weighted by molar-refractivity contribution is 9.10. The fourth-order valence-electron chi connectivity index (χ4n) is 3.63. The van der Waals surface area contributed by atoms with Gasteiger partial charge in [0.25, 0.3) is 0 Å². The minimum atomic E-state index is -3.79. The Balaban J connectivity index is 1.79. The van der Waals surface area contributed by atoms with Crippen LogP contribution in [0.1, 0.15) is 16.7 Å². The van der Waals surface area contributed by atoms with Crippen LogP contribution in [0.4, 0.5) is 0 Å². The molecule has 0 amide bonds. The molecule has 1 fully saturated rings. The standard InChI is InChI=1S/C26H21Br2NO3S/c1-18-8-10-25(11-9-18)33(31,32)29-16-21(12-19-4-2-6-23(27)14-19)26(30)22(17-29)13-20-5-3-7-24(28)15-20/h2-15H,16-17H2,1H3/b21-12+,22-13+. The number of ketones is 1. The van der Waals surface area contributed by atoms with Gasteiger partial charge in [-0.2, -0.15) is 4.31 Å². The number of hydrogen-bond acceptors (Lipinski definition) is 3. The van der Waals surface area contributed by atoms with Crippen molar-refractivity contribution in [1.29, 1.82) is 0 Å². The summed E-state index contributed by atoms with van der Waals surface area (Å²) in [6.07, 6.45) is 3.53. The SMILES string of the molecule is Cc1ccc(S(=O)(=O)N2C/C(=C\c3cccc(Br)c3)C(=O)/C(=C/c3cccc(Br)c3)C2)cc1. The number of carbonyl (C=O) groups excluding carboxylic acids is 1. The number of benzene rings is 3. The summed E-state index contributed by atoms with van der Waals surface area (Å²) in [5, 5.41) is 0. The summed E-state index contributed by atoms with van der Waals surface area (Å²) in [5.74, 6) is -0.148. The lowest BCUT2D eigenvalue weighted by atomic mass is 9.95. The summed E-state index contributed by atoms with van der Waals surface area (Å²) >= 11 is 6.90. The Hall–Kier alpha value is -2.32. The molecule has 0 aromatic heterocycles. The Morgan fingerprint density at radius 2 is 1.27 bits per heavy atom. The van der Waals surface area contributed by atoms with Gasteiger partial charge in [0.15, 0.2) is 5.78 Å². The summed E-state index contributed by atoms with van der Waals surface area (Å²) in [7, 11) is -3.79. The third-order valence-corrected chi connectivity index (χ3v) is 8.11. The van der Waals surface area contributed by atoms with Gasteiger partial charge in [-0.15, -0.1) is 0 Å². The predicted octanol–water partition coefficient (Wildman–Crippen LogP) is 6.26. The van der Waals surface area contributed by atoms with E-state index in [0.717, 1.165) is 25.6 Å². The zero-order valence-corrected chi connectivity index (χ0v) is 21.8. The van der Waals surface area contributed by atoms with Crippen LogP contribution in [0.3, 0.4) is 0 Å². The quantitative estimate of drug-likeness (QED) is 0.339. The largest absolute Gasteiger partial charge is 0.289 e. The third-order valence-electron chi connectivity index (χ3n) is 5.31. The molecule has 3 aromatic carbocycles. The molecule has 3 aromatic rings. The summed E-state index contributed by atoms with van der Waals surface area (Å²) in [6, 6.07) is 21.9. The molecular formula is C26H21Br2NO3S. The van der Waals surface area contributed by atoms with Gasteiger partial charge in [0.1, 0.15) is 0 Å². The molecule has 168 valence electrons. The maximum atomic E-state index is 13.5. The van der Waals surface area contributed by atoms with E-state index in [-0.39, 0.29) is 23.8 Å². The zero-order chi connectivity index (χ0) is 23.6. The second-order valence-corrected chi connectivity index (χ2v) is 11.6. The first-order chi connectivity index (χ1) is 15.7. The molecule has 0 radical (unpaired) electrons. The number of piperidine rings is 1. The van der Waals surface area contributed by atoms with E-state index in [4.69, 9.17) is 0 Å². The van der Waals surface area contributed by atoms with Crippen molar-refractivity contribution in [3.05, 3.63) is 110 Å². The van der Waals surface area contributed by atoms with Crippen molar-refractivity contribution in [2.75, 3.05) is 13.1 Å². The maximum Gasteiger partial charge on any atom is 0.243 e. The lowest BCUT2D eigenvalue weighted by Gasteiger charge is -2.29. The Morgan fingerprint density at radius 3 is 1.73 bits per heavy atom. The van der Waals surface area contributed by atoms with Crippen LogP contribution in [0.2, 0.25) is 0 Å². The van der Waals surface area contributed by atoms with Crippen LogP contribution in [0.15, 0.2) is 97.8 Å². The molecule has 0 unspecified atom stereocenters. The predicted molar refractivity (Wildman–Crippen MR) is 139 cm³/mol. The first-order valence-corrected chi connectivity index (χ1v) is 13.3. The van der Waals surface area contributed by atoms with Crippen molar-refractivity contribution >= 4 is 59.8 Å². The second-order valence-electron chi connectivity index (χ2n) is 7.86. The van der Waals surface area contributed by atoms with Crippen molar-refractivity contribution in [3.63, 3.8) is 0 Å². The molecule has 1 saturated heterocycles. The molecule has 4 nitrogen and oxygen atoms in total. The molecule has 0 saturated carbocycles. The van der Waals surface area contributed by atoms with Crippen molar-refractivity contribution in [1.82, 2.24) is 4.31 Å². The van der Waals surface area contributed by atoms with E-state index in [1.807, 2.05) is 55.5 Å². The van der Waals surface area contributed by atoms with Crippen LogP contribution < -0.4 is 0 Å². The average molecular weight is 587 g/mol. The summed E-state index contributed by atoms with van der Waals surface area (Å²) in [6.45, 7) is 1.93. The zero-order valence-electron chi connectivity index (χ0n) is 17.8. The van der Waals surface area contributed by atoms with Gasteiger partial charge in [-0.3, -0.25) is 4.79 Å². The molecule has 7 heteroatoms. The molecule has 0 spiro atoms. The number of rotatable bonds is 4. The van der Waals surface area contributed by atoms with Gasteiger partial charge < -0.3 is 0 Å². The molecule has 1 heterocycles. The highest BCUT2D eigenvalue weighted by atomic mass is 79.9. The number of sulfonamides is 1. The number of aryl methyl sites for hydroxylation is 1. The van der Waals surface area contributed by atoms with Crippen LogP contribution in [-0.2, 0) is 14.8 Å². The molecule has 1 aliphatic rings. The van der Waals surface area contributed by atoms with Gasteiger partial charge in [0, 0.05) is 33.2 Å². The van der Waals surface area contributed by atoms with Crippen LogP contribution in [0.5, 0.6) is 0 Å². The normalized spacial score (nSPS) is 17.6. The highest BCUT2D eigenvalue weighted by Gasteiger charge is 2.34. The van der Waals surface area contributed by atoms with Gasteiger partial charge in [-0.25, -0.2) is 8.42 Å². The fourth-order valence-corrected chi connectivity index (χ4v) is 5.86. The van der Waals surface area contributed by atoms with Crippen LogP contribution >= 0.6 is 31.9 Å². The van der Waals surface area contributed by atoms with Crippen LogP contribution in [0.25, 0.3) is 12.2 Å². The lowest BCUT2D eigenvalue weighted by molar-refractivity contribution is -0.113. The molecule has 1 aliphatic heterocycles. The van der Waals surface area contributed by atoms with E-state index in [2.05, 4.69) is 31.9 Å². The molecule has 0 atom stereocenters. The molecule has 0 bridgehead atoms. The summed E-state index contributed by atoms with van der Waals surface area (Å²) < 4.78 is 30.0. The second kappa shape index (κ2) is 9.89. The summed E-state index contributed by atoms with van der Waals surface area (Å²) in [4.78, 5) is 13.6. The third kappa shape index (κ3) is 5.61. The first-order valence-electron chi connectivity index (χ1n) is 10.3. The lowest BCUT2D eigenvalue weighted by Crippen LogP contribution is -2.41. The van der Waals surface area contributed by atoms with Crippen molar-refractivity contribution < 1.29 is 13.2 Å². The van der Waals surface area contributed by atoms with Crippen LogP contribution in [0, 0.1) is 6.92 Å². The smallest absolute Gasteiger partial charge is 0.243 e. The highest BCUT2D eigenvalue weighted by Crippen LogP contribution is 2.28. The fraction of sp³-hybridized carbons (Fsp3) is 0.115. The number of nitrogens with zero attached hydrogens (tertiary/aromatic N) is 1. The van der Waals surface area contributed by atoms with Crippen molar-refractivity contribution in [2.24, 2.45) is 0 Å². The Bertz CT molecular complexity index is 1310. The van der Waals surface area contributed by atoms with E-state index >= 15 is 0 Å². The van der Waals surface area contributed by atoms with E-state index in [0.29, 0.717) is 11.1 Å². The van der Waals surface area contributed by atoms with Gasteiger partial charge in [-0.05, 0) is 66.6 Å². The van der Waals surface area contributed by atoms with Gasteiger partial charge >= 0.3 is 0 Å². The minimum absolute atomic E-state index is 0.0113. The number of hydrogen-bond donors (Lipinski definition) is 0. The van der Waals surface area contributed by atoms with E-state index < -0.39 is 10.0 Å². The number of Topliss-reactive ketones (excluding diaryl/α,β-unsaturated/α-hetero) is 1. The van der Waals surface area contributed by atoms with Crippen LogP contribution in [-0.4, -0.2) is 31.6 Å². The number of halogens is 2. The van der Waals surface area contributed by atoms with E-state index in [9.17, 15) is 13.2 Å². The number of carbonyl (C=O) groups is 1. The molecular weight excluding hydrogens is 566 g/mol. The molecule has 33 heavy (non-hydrogen) atoms. The van der Waals surface area contributed by atoms with Crippen molar-refractivity contribution in [2.45, 2.75) is 11.8 Å².